The lowest BCUT2D eigenvalue weighted by atomic mass is 9.85. The summed E-state index contributed by atoms with van der Waals surface area (Å²) in [6.07, 6.45) is 0.927. The number of benzene rings is 1. The van der Waals surface area contributed by atoms with Crippen molar-refractivity contribution in [1.82, 2.24) is 4.90 Å². The molecule has 1 rings (SSSR count). The number of rotatable bonds is 9. The highest BCUT2D eigenvalue weighted by Crippen LogP contribution is 2.27. The summed E-state index contributed by atoms with van der Waals surface area (Å²) in [5, 5.41) is 0. The maximum absolute atomic E-state index is 12.8. The molecule has 0 saturated carbocycles. The van der Waals surface area contributed by atoms with Crippen LogP contribution in [0.3, 0.4) is 0 Å². The summed E-state index contributed by atoms with van der Waals surface area (Å²) in [5.74, 6) is 0.0921. The Balaban J connectivity index is 2.94. The third-order valence-corrected chi connectivity index (χ3v) is 4.13. The van der Waals surface area contributed by atoms with E-state index >= 15 is 0 Å². The van der Waals surface area contributed by atoms with Crippen molar-refractivity contribution in [3.63, 3.8) is 0 Å². The van der Waals surface area contributed by atoms with Gasteiger partial charge in [0.05, 0.1) is 6.61 Å². The zero-order chi connectivity index (χ0) is 19.6. The lowest BCUT2D eigenvalue weighted by molar-refractivity contribution is -0.153. The molecule has 26 heavy (non-hydrogen) atoms. The van der Waals surface area contributed by atoms with E-state index in [1.807, 2.05) is 51.1 Å². The molecule has 0 bridgehead atoms. The molecule has 0 aliphatic carbocycles. The number of carbonyl (C=O) groups excluding carboxylic acids is 2. The van der Waals surface area contributed by atoms with Crippen LogP contribution in [0, 0.1) is 5.41 Å². The SMILES string of the molecule is CCOC(=O)[C@@H](N(CCCCCl)C(=O)OCc1ccccc1)C(C)(C)C. The molecular weight excluding hydrogens is 354 g/mol. The number of hydrogen-bond acceptors (Lipinski definition) is 4. The van der Waals surface area contributed by atoms with Crippen LogP contribution in [0.25, 0.3) is 0 Å². The second-order valence-electron chi connectivity index (χ2n) is 7.15. The third kappa shape index (κ3) is 7.24. The van der Waals surface area contributed by atoms with Gasteiger partial charge in [-0.05, 0) is 30.7 Å². The van der Waals surface area contributed by atoms with Gasteiger partial charge in [-0.2, -0.15) is 0 Å². The van der Waals surface area contributed by atoms with E-state index < -0.39 is 23.5 Å². The minimum Gasteiger partial charge on any atom is -0.464 e. The normalized spacial score (nSPS) is 12.3. The highest BCUT2D eigenvalue weighted by molar-refractivity contribution is 6.17. The Morgan fingerprint density at radius 2 is 1.77 bits per heavy atom. The fourth-order valence-corrected chi connectivity index (χ4v) is 2.86. The Bertz CT molecular complexity index is 557. The van der Waals surface area contributed by atoms with Crippen molar-refractivity contribution in [1.29, 1.82) is 0 Å². The molecule has 0 heterocycles. The molecular formula is C20H30ClNO4. The molecule has 6 heteroatoms. The number of ether oxygens (including phenoxy) is 2. The van der Waals surface area contributed by atoms with Gasteiger partial charge < -0.3 is 9.47 Å². The largest absolute Gasteiger partial charge is 0.464 e. The van der Waals surface area contributed by atoms with Gasteiger partial charge in [-0.15, -0.1) is 11.6 Å². The Kier molecular flexibility index (Phi) is 9.49. The van der Waals surface area contributed by atoms with Crippen LogP contribution in [-0.4, -0.2) is 42.0 Å². The van der Waals surface area contributed by atoms with E-state index in [2.05, 4.69) is 0 Å². The molecule has 0 aliphatic heterocycles. The Morgan fingerprint density at radius 3 is 2.31 bits per heavy atom. The summed E-state index contributed by atoms with van der Waals surface area (Å²) in [5.41, 5.74) is 0.406. The van der Waals surface area contributed by atoms with Gasteiger partial charge in [-0.25, -0.2) is 9.59 Å². The average molecular weight is 384 g/mol. The lowest BCUT2D eigenvalue weighted by Crippen LogP contribution is -2.53. The monoisotopic (exact) mass is 383 g/mol. The quantitative estimate of drug-likeness (QED) is 0.354. The zero-order valence-electron chi connectivity index (χ0n) is 16.2. The van der Waals surface area contributed by atoms with E-state index in [1.165, 1.54) is 4.90 Å². The highest BCUT2D eigenvalue weighted by Gasteiger charge is 2.40. The molecule has 0 fully saturated rings. The second-order valence-corrected chi connectivity index (χ2v) is 7.53. The van der Waals surface area contributed by atoms with Crippen LogP contribution in [0.1, 0.15) is 46.1 Å². The molecule has 0 aliphatic rings. The van der Waals surface area contributed by atoms with Crippen molar-refractivity contribution >= 4 is 23.7 Å². The highest BCUT2D eigenvalue weighted by atomic mass is 35.5. The summed E-state index contributed by atoms with van der Waals surface area (Å²) in [7, 11) is 0. The minimum atomic E-state index is -0.721. The van der Waals surface area contributed by atoms with Crippen LogP contribution in [-0.2, 0) is 20.9 Å². The third-order valence-electron chi connectivity index (χ3n) is 3.86. The summed E-state index contributed by atoms with van der Waals surface area (Å²) in [6.45, 7) is 8.30. The molecule has 0 N–H and O–H groups in total. The Morgan fingerprint density at radius 1 is 1.12 bits per heavy atom. The van der Waals surface area contributed by atoms with Crippen LogP contribution in [0.15, 0.2) is 30.3 Å². The lowest BCUT2D eigenvalue weighted by Gasteiger charge is -2.37. The molecule has 1 amide bonds. The van der Waals surface area contributed by atoms with Crippen molar-refractivity contribution in [2.75, 3.05) is 19.0 Å². The van der Waals surface area contributed by atoms with Crippen LogP contribution < -0.4 is 0 Å². The van der Waals surface area contributed by atoms with Gasteiger partial charge >= 0.3 is 12.1 Å². The van der Waals surface area contributed by atoms with Gasteiger partial charge in [0.25, 0.3) is 0 Å². The van der Waals surface area contributed by atoms with Gasteiger partial charge in [0, 0.05) is 12.4 Å². The molecule has 1 aromatic rings. The van der Waals surface area contributed by atoms with Gasteiger partial charge in [0.1, 0.15) is 12.6 Å². The first-order valence-electron chi connectivity index (χ1n) is 9.01. The number of unbranched alkanes of at least 4 members (excludes halogenated alkanes) is 1. The molecule has 0 radical (unpaired) electrons. The fraction of sp³-hybridized carbons (Fsp3) is 0.600. The molecule has 0 saturated heterocycles. The molecule has 0 unspecified atom stereocenters. The fourth-order valence-electron chi connectivity index (χ4n) is 2.67. The summed E-state index contributed by atoms with van der Waals surface area (Å²) >= 11 is 5.76. The molecule has 1 atom stereocenters. The predicted octanol–water partition coefficient (Wildman–Crippen LogP) is 4.62. The number of hydrogen-bond donors (Lipinski definition) is 0. The van der Waals surface area contributed by atoms with Crippen molar-refractivity contribution in [2.24, 2.45) is 5.41 Å². The van der Waals surface area contributed by atoms with Gasteiger partial charge in [0.15, 0.2) is 0 Å². The van der Waals surface area contributed by atoms with Crippen molar-refractivity contribution in [3.05, 3.63) is 35.9 Å². The number of amides is 1. The molecule has 0 aromatic heterocycles. The number of esters is 1. The van der Waals surface area contributed by atoms with E-state index in [9.17, 15) is 9.59 Å². The predicted molar refractivity (Wildman–Crippen MR) is 103 cm³/mol. The molecule has 1 aromatic carbocycles. The van der Waals surface area contributed by atoms with Gasteiger partial charge in [0.2, 0.25) is 0 Å². The van der Waals surface area contributed by atoms with E-state index in [-0.39, 0.29) is 13.2 Å². The summed E-state index contributed by atoms with van der Waals surface area (Å²) < 4.78 is 10.7. The second kappa shape index (κ2) is 11.1. The molecule has 0 spiro atoms. The summed E-state index contributed by atoms with van der Waals surface area (Å²) in [4.78, 5) is 26.8. The van der Waals surface area contributed by atoms with E-state index in [4.69, 9.17) is 21.1 Å². The minimum absolute atomic E-state index is 0.158. The van der Waals surface area contributed by atoms with Crippen LogP contribution in [0.2, 0.25) is 0 Å². The molecule has 5 nitrogen and oxygen atoms in total. The first kappa shape index (κ1) is 22.3. The van der Waals surface area contributed by atoms with Crippen LogP contribution >= 0.6 is 11.6 Å². The van der Waals surface area contributed by atoms with Crippen LogP contribution in [0.4, 0.5) is 4.79 Å². The topological polar surface area (TPSA) is 55.8 Å². The zero-order valence-corrected chi connectivity index (χ0v) is 16.9. The van der Waals surface area contributed by atoms with Crippen molar-refractivity contribution < 1.29 is 19.1 Å². The number of nitrogens with zero attached hydrogens (tertiary/aromatic N) is 1. The van der Waals surface area contributed by atoms with E-state index in [0.717, 1.165) is 12.0 Å². The first-order valence-corrected chi connectivity index (χ1v) is 9.54. The van der Waals surface area contributed by atoms with E-state index in [0.29, 0.717) is 18.8 Å². The summed E-state index contributed by atoms with van der Waals surface area (Å²) in [6, 6.07) is 8.73. The first-order chi connectivity index (χ1) is 12.3. The maximum atomic E-state index is 12.8. The van der Waals surface area contributed by atoms with Crippen LogP contribution in [0.5, 0.6) is 0 Å². The van der Waals surface area contributed by atoms with Crippen molar-refractivity contribution in [3.8, 4) is 0 Å². The van der Waals surface area contributed by atoms with E-state index in [1.54, 1.807) is 6.92 Å². The molecule has 146 valence electrons. The Labute approximate surface area is 161 Å². The standard InChI is InChI=1S/C20H30ClNO4/c1-5-25-18(23)17(20(2,3)4)22(14-10-9-13-21)19(24)26-15-16-11-7-6-8-12-16/h6-8,11-12,17H,5,9-10,13-15H2,1-4H3/t17-/m1/s1. The Hall–Kier alpha value is -1.75. The number of alkyl halides is 1. The average Bonchev–Trinajstić information content (AvgIpc) is 2.59. The van der Waals surface area contributed by atoms with Gasteiger partial charge in [-0.3, -0.25) is 4.90 Å². The number of carbonyl (C=O) groups is 2. The van der Waals surface area contributed by atoms with Gasteiger partial charge in [-0.1, -0.05) is 51.1 Å². The van der Waals surface area contributed by atoms with Crippen molar-refractivity contribution in [2.45, 2.75) is 53.2 Å². The smallest absolute Gasteiger partial charge is 0.410 e. The number of halogens is 1. The maximum Gasteiger partial charge on any atom is 0.410 e.